The first-order chi connectivity index (χ1) is 6.35. The summed E-state index contributed by atoms with van der Waals surface area (Å²) in [6.07, 6.45) is 0. The molecule has 0 aliphatic heterocycles. The van der Waals surface area contributed by atoms with Crippen molar-refractivity contribution >= 4 is 15.8 Å². The molecule has 0 saturated heterocycles. The minimum atomic E-state index is -4.85. The molecule has 0 saturated carbocycles. The van der Waals surface area contributed by atoms with E-state index < -0.39 is 32.4 Å². The average Bonchev–Trinajstić information content (AvgIpc) is 2.51. The lowest BCUT2D eigenvalue weighted by atomic mass is 10.5. The fourth-order valence-corrected chi connectivity index (χ4v) is 1.32. The number of hydrogen-bond acceptors (Lipinski definition) is 4. The van der Waals surface area contributed by atoms with E-state index in [1.165, 1.54) is 0 Å². The first-order valence-electron chi connectivity index (χ1n) is 3.21. The number of carboxylic acids is 1. The summed E-state index contributed by atoms with van der Waals surface area (Å²) in [6, 6.07) is 1.46. The molecule has 0 amide bonds. The molecule has 0 aliphatic rings. The standard InChI is InChI=1S/C6H4F2O5S/c7-6(8)14(11,12)4-2-1-3(13-4)5(9)10/h1-2,6H,(H,9,10). The average molecular weight is 226 g/mol. The molecule has 0 unspecified atom stereocenters. The summed E-state index contributed by atoms with van der Waals surface area (Å²) in [6.45, 7) is 0. The van der Waals surface area contributed by atoms with Gasteiger partial charge in [0.05, 0.1) is 0 Å². The van der Waals surface area contributed by atoms with E-state index in [9.17, 15) is 22.0 Å². The molecule has 5 nitrogen and oxygen atoms in total. The van der Waals surface area contributed by atoms with Crippen LogP contribution in [0.5, 0.6) is 0 Å². The van der Waals surface area contributed by atoms with Crippen LogP contribution in [-0.2, 0) is 9.84 Å². The monoisotopic (exact) mass is 226 g/mol. The second-order valence-electron chi connectivity index (χ2n) is 2.23. The highest BCUT2D eigenvalue weighted by molar-refractivity contribution is 7.91. The summed E-state index contributed by atoms with van der Waals surface area (Å²) in [5, 5.41) is 7.28. The molecule has 14 heavy (non-hydrogen) atoms. The highest BCUT2D eigenvalue weighted by atomic mass is 32.2. The van der Waals surface area contributed by atoms with Crippen molar-refractivity contribution in [2.45, 2.75) is 10.8 Å². The number of carbonyl (C=O) groups is 1. The Kier molecular flexibility index (Phi) is 2.56. The van der Waals surface area contributed by atoms with Crippen LogP contribution >= 0.6 is 0 Å². The third-order valence-electron chi connectivity index (χ3n) is 1.31. The molecule has 0 fully saturated rings. The number of alkyl halides is 2. The van der Waals surface area contributed by atoms with Crippen LogP contribution in [0.1, 0.15) is 10.6 Å². The van der Waals surface area contributed by atoms with Crippen LogP contribution in [0.2, 0.25) is 0 Å². The Morgan fingerprint density at radius 1 is 1.43 bits per heavy atom. The highest BCUT2D eigenvalue weighted by Crippen LogP contribution is 2.20. The van der Waals surface area contributed by atoms with E-state index in [4.69, 9.17) is 5.11 Å². The van der Waals surface area contributed by atoms with E-state index in [-0.39, 0.29) is 0 Å². The van der Waals surface area contributed by atoms with Gasteiger partial charge >= 0.3 is 11.7 Å². The largest absolute Gasteiger partial charge is 0.475 e. The van der Waals surface area contributed by atoms with E-state index in [1.54, 1.807) is 0 Å². The van der Waals surface area contributed by atoms with Gasteiger partial charge in [0.25, 0.3) is 9.84 Å². The van der Waals surface area contributed by atoms with Crippen molar-refractivity contribution in [1.29, 1.82) is 0 Å². The van der Waals surface area contributed by atoms with Gasteiger partial charge in [-0.25, -0.2) is 13.2 Å². The zero-order valence-electron chi connectivity index (χ0n) is 6.48. The van der Waals surface area contributed by atoms with Crippen LogP contribution in [0.4, 0.5) is 8.78 Å². The Morgan fingerprint density at radius 3 is 2.36 bits per heavy atom. The molecular formula is C6H4F2O5S. The van der Waals surface area contributed by atoms with Gasteiger partial charge in [-0.05, 0) is 12.1 Å². The molecule has 1 rings (SSSR count). The van der Waals surface area contributed by atoms with E-state index in [0.29, 0.717) is 6.07 Å². The van der Waals surface area contributed by atoms with E-state index in [2.05, 4.69) is 4.42 Å². The van der Waals surface area contributed by atoms with Crippen molar-refractivity contribution in [3.63, 3.8) is 0 Å². The maximum atomic E-state index is 11.9. The predicted octanol–water partition coefficient (Wildman–Crippen LogP) is 0.974. The molecule has 78 valence electrons. The molecule has 8 heteroatoms. The van der Waals surface area contributed by atoms with E-state index >= 15 is 0 Å². The second-order valence-corrected chi connectivity index (χ2v) is 4.08. The third kappa shape index (κ3) is 1.74. The van der Waals surface area contributed by atoms with Gasteiger partial charge in [-0.1, -0.05) is 0 Å². The molecule has 0 aliphatic carbocycles. The second kappa shape index (κ2) is 3.37. The minimum Gasteiger partial charge on any atom is -0.475 e. The van der Waals surface area contributed by atoms with Crippen molar-refractivity contribution in [3.8, 4) is 0 Å². The quantitative estimate of drug-likeness (QED) is 0.830. The third-order valence-corrected chi connectivity index (χ3v) is 2.56. The van der Waals surface area contributed by atoms with Crippen molar-refractivity contribution < 1.29 is 31.5 Å². The van der Waals surface area contributed by atoms with E-state index in [1.807, 2.05) is 0 Å². The summed E-state index contributed by atoms with van der Waals surface area (Å²) in [4.78, 5) is 10.2. The summed E-state index contributed by atoms with van der Waals surface area (Å²) < 4.78 is 49.5. The fourth-order valence-electron chi connectivity index (χ4n) is 0.676. The van der Waals surface area contributed by atoms with Gasteiger partial charge in [-0.15, -0.1) is 0 Å². The summed E-state index contributed by atoms with van der Waals surface area (Å²) >= 11 is 0. The maximum Gasteiger partial charge on any atom is 0.371 e. The molecule has 0 spiro atoms. The fraction of sp³-hybridized carbons (Fsp3) is 0.167. The number of sulfone groups is 1. The van der Waals surface area contributed by atoms with Gasteiger partial charge in [-0.2, -0.15) is 8.78 Å². The Balaban J connectivity index is 3.16. The molecule has 1 aromatic rings. The Bertz CT molecular complexity index is 447. The Labute approximate surface area is 76.9 Å². The van der Waals surface area contributed by atoms with Crippen molar-refractivity contribution in [1.82, 2.24) is 0 Å². The molecule has 1 heterocycles. The number of hydrogen-bond donors (Lipinski definition) is 1. The van der Waals surface area contributed by atoms with Crippen molar-refractivity contribution in [3.05, 3.63) is 17.9 Å². The molecular weight excluding hydrogens is 222 g/mol. The lowest BCUT2D eigenvalue weighted by Gasteiger charge is -1.96. The topological polar surface area (TPSA) is 84.6 Å². The Morgan fingerprint density at radius 2 is 2.00 bits per heavy atom. The molecule has 1 N–H and O–H groups in total. The van der Waals surface area contributed by atoms with Crippen LogP contribution in [0.15, 0.2) is 21.6 Å². The van der Waals surface area contributed by atoms with Gasteiger partial charge in [0.15, 0.2) is 0 Å². The zero-order chi connectivity index (χ0) is 10.9. The summed E-state index contributed by atoms with van der Waals surface area (Å²) in [5.41, 5.74) is 0. The van der Waals surface area contributed by atoms with Crippen LogP contribution in [-0.4, -0.2) is 25.3 Å². The summed E-state index contributed by atoms with van der Waals surface area (Å²) in [7, 11) is -4.85. The lowest BCUT2D eigenvalue weighted by molar-refractivity contribution is 0.0655. The maximum absolute atomic E-state index is 11.9. The van der Waals surface area contributed by atoms with Crippen LogP contribution < -0.4 is 0 Å². The SMILES string of the molecule is O=C(O)c1ccc(S(=O)(=O)C(F)F)o1. The predicted molar refractivity (Wildman–Crippen MR) is 38.9 cm³/mol. The number of furan rings is 1. The number of carboxylic acid groups (broad SMARTS) is 1. The normalized spacial score (nSPS) is 11.9. The van der Waals surface area contributed by atoms with Crippen molar-refractivity contribution in [2.24, 2.45) is 0 Å². The lowest BCUT2D eigenvalue weighted by Crippen LogP contribution is -2.10. The number of aromatic carboxylic acids is 1. The van der Waals surface area contributed by atoms with Gasteiger partial charge < -0.3 is 9.52 Å². The van der Waals surface area contributed by atoms with Crippen molar-refractivity contribution in [2.75, 3.05) is 0 Å². The van der Waals surface area contributed by atoms with Gasteiger partial charge in [-0.3, -0.25) is 0 Å². The van der Waals surface area contributed by atoms with Gasteiger partial charge in [0, 0.05) is 0 Å². The van der Waals surface area contributed by atoms with E-state index in [0.717, 1.165) is 6.07 Å². The molecule has 0 aromatic carbocycles. The Hall–Kier alpha value is -1.44. The van der Waals surface area contributed by atoms with Gasteiger partial charge in [0.2, 0.25) is 10.9 Å². The van der Waals surface area contributed by atoms with Crippen LogP contribution in [0, 0.1) is 0 Å². The first kappa shape index (κ1) is 10.6. The van der Waals surface area contributed by atoms with Crippen LogP contribution in [0.25, 0.3) is 0 Å². The smallest absolute Gasteiger partial charge is 0.371 e. The molecule has 0 bridgehead atoms. The summed E-state index contributed by atoms with van der Waals surface area (Å²) in [5.74, 6) is -5.86. The first-order valence-corrected chi connectivity index (χ1v) is 4.75. The molecule has 0 atom stereocenters. The molecule has 0 radical (unpaired) electrons. The molecule has 1 aromatic heterocycles. The zero-order valence-corrected chi connectivity index (χ0v) is 7.29. The number of halogens is 2. The van der Waals surface area contributed by atoms with Gasteiger partial charge in [0.1, 0.15) is 0 Å². The number of rotatable bonds is 3. The highest BCUT2D eigenvalue weighted by Gasteiger charge is 2.30. The minimum absolute atomic E-state index is 0.672. The van der Waals surface area contributed by atoms with Crippen LogP contribution in [0.3, 0.4) is 0 Å².